The molecule has 2 heterocycles. The van der Waals surface area contributed by atoms with Crippen LogP contribution < -0.4 is 5.32 Å². The Morgan fingerprint density at radius 1 is 0.926 bits per heavy atom. The van der Waals surface area contributed by atoms with Crippen LogP contribution in [0.4, 0.5) is 0 Å². The lowest BCUT2D eigenvalue weighted by atomic mass is 10.1. The number of nitrogens with one attached hydrogen (secondary N) is 1. The maximum Gasteiger partial charge on any atom is 0.243 e. The van der Waals surface area contributed by atoms with Crippen molar-refractivity contribution >= 4 is 23.4 Å². The zero-order chi connectivity index (χ0) is 19.1. The lowest BCUT2D eigenvalue weighted by Crippen LogP contribution is -2.33. The quantitative estimate of drug-likeness (QED) is 0.790. The summed E-state index contributed by atoms with van der Waals surface area (Å²) in [4.78, 5) is 37.9. The van der Waals surface area contributed by atoms with Crippen LogP contribution >= 0.6 is 0 Å². The molecule has 1 aromatic carbocycles. The molecule has 3 rings (SSSR count). The molecule has 0 saturated carbocycles. The molecule has 1 saturated heterocycles. The SMILES string of the molecule is O=C(CCC(=O)N1CCC(c2ccccc2)=N1)NCCC(=O)N1CCCC1. The number of benzene rings is 1. The van der Waals surface area contributed by atoms with Gasteiger partial charge in [0.05, 0.1) is 12.3 Å². The van der Waals surface area contributed by atoms with Crippen LogP contribution in [0.15, 0.2) is 35.4 Å². The number of carbonyl (C=O) groups excluding carboxylic acids is 3. The molecule has 0 bridgehead atoms. The third kappa shape index (κ3) is 5.39. The summed E-state index contributed by atoms with van der Waals surface area (Å²) in [6.45, 7) is 2.52. The Morgan fingerprint density at radius 2 is 1.67 bits per heavy atom. The Kier molecular flexibility index (Phi) is 6.57. The van der Waals surface area contributed by atoms with E-state index >= 15 is 0 Å². The third-order valence-corrected chi connectivity index (χ3v) is 4.88. The van der Waals surface area contributed by atoms with E-state index in [1.807, 2.05) is 35.2 Å². The Balaban J connectivity index is 1.36. The number of nitrogens with zero attached hydrogens (tertiary/aromatic N) is 3. The number of amides is 3. The van der Waals surface area contributed by atoms with Crippen molar-refractivity contribution in [3.05, 3.63) is 35.9 Å². The summed E-state index contributed by atoms with van der Waals surface area (Å²) in [5.41, 5.74) is 1.92. The molecule has 2 aliphatic heterocycles. The van der Waals surface area contributed by atoms with E-state index in [1.54, 1.807) is 0 Å². The van der Waals surface area contributed by atoms with Crippen molar-refractivity contribution in [1.29, 1.82) is 0 Å². The Labute approximate surface area is 159 Å². The average molecular weight is 370 g/mol. The molecule has 0 unspecified atom stereocenters. The van der Waals surface area contributed by atoms with E-state index in [0.717, 1.165) is 43.6 Å². The zero-order valence-electron chi connectivity index (χ0n) is 15.5. The van der Waals surface area contributed by atoms with Crippen LogP contribution in [0.1, 0.15) is 44.1 Å². The van der Waals surface area contributed by atoms with Gasteiger partial charge in [-0.05, 0) is 18.4 Å². The van der Waals surface area contributed by atoms with Crippen LogP contribution in [0.2, 0.25) is 0 Å². The summed E-state index contributed by atoms with van der Waals surface area (Å²) >= 11 is 0. The normalized spacial score (nSPS) is 16.4. The van der Waals surface area contributed by atoms with Crippen LogP contribution in [0.3, 0.4) is 0 Å². The monoisotopic (exact) mass is 370 g/mol. The fourth-order valence-electron chi connectivity index (χ4n) is 3.34. The maximum absolute atomic E-state index is 12.3. The topological polar surface area (TPSA) is 82.1 Å². The second-order valence-corrected chi connectivity index (χ2v) is 6.87. The molecule has 2 aliphatic rings. The predicted molar refractivity (Wildman–Crippen MR) is 102 cm³/mol. The summed E-state index contributed by atoms with van der Waals surface area (Å²) in [7, 11) is 0. The van der Waals surface area contributed by atoms with Crippen molar-refractivity contribution in [2.45, 2.75) is 38.5 Å². The van der Waals surface area contributed by atoms with Crippen molar-refractivity contribution in [2.75, 3.05) is 26.2 Å². The first-order valence-electron chi connectivity index (χ1n) is 9.61. The highest BCUT2D eigenvalue weighted by atomic mass is 16.2. The number of carbonyl (C=O) groups is 3. The van der Waals surface area contributed by atoms with Crippen molar-refractivity contribution < 1.29 is 14.4 Å². The van der Waals surface area contributed by atoms with Gasteiger partial charge in [-0.25, -0.2) is 5.01 Å². The summed E-state index contributed by atoms with van der Waals surface area (Å²) in [5.74, 6) is -0.267. The minimum absolute atomic E-state index is 0.0868. The van der Waals surface area contributed by atoms with Crippen molar-refractivity contribution in [2.24, 2.45) is 5.10 Å². The van der Waals surface area contributed by atoms with Gasteiger partial charge < -0.3 is 10.2 Å². The van der Waals surface area contributed by atoms with Crippen LogP contribution in [0.25, 0.3) is 0 Å². The van der Waals surface area contributed by atoms with Crippen LogP contribution in [0, 0.1) is 0 Å². The highest BCUT2D eigenvalue weighted by Crippen LogP contribution is 2.15. The molecule has 3 amide bonds. The van der Waals surface area contributed by atoms with Gasteiger partial charge in [-0.1, -0.05) is 30.3 Å². The zero-order valence-corrected chi connectivity index (χ0v) is 15.5. The molecule has 0 aliphatic carbocycles. The fourth-order valence-corrected chi connectivity index (χ4v) is 3.34. The average Bonchev–Trinajstić information content (AvgIpc) is 3.38. The first-order valence-corrected chi connectivity index (χ1v) is 9.61. The second kappa shape index (κ2) is 9.30. The third-order valence-electron chi connectivity index (χ3n) is 4.88. The molecule has 1 N–H and O–H groups in total. The maximum atomic E-state index is 12.3. The van der Waals surface area contributed by atoms with Crippen molar-refractivity contribution in [1.82, 2.24) is 15.2 Å². The molecule has 0 radical (unpaired) electrons. The smallest absolute Gasteiger partial charge is 0.243 e. The van der Waals surface area contributed by atoms with E-state index < -0.39 is 0 Å². The summed E-state index contributed by atoms with van der Waals surface area (Å²) in [6.07, 6.45) is 3.40. The molecule has 0 atom stereocenters. The Bertz CT molecular complexity index is 711. The van der Waals surface area contributed by atoms with Gasteiger partial charge in [0.25, 0.3) is 0 Å². The number of hydrogen-bond acceptors (Lipinski definition) is 4. The molecule has 7 heteroatoms. The summed E-state index contributed by atoms with van der Waals surface area (Å²) in [5, 5.41) is 8.56. The highest BCUT2D eigenvalue weighted by molar-refractivity contribution is 6.02. The number of hydrazone groups is 1. The lowest BCUT2D eigenvalue weighted by molar-refractivity contribution is -0.133. The van der Waals surface area contributed by atoms with E-state index in [0.29, 0.717) is 19.5 Å². The Morgan fingerprint density at radius 3 is 2.41 bits per heavy atom. The molecule has 7 nitrogen and oxygen atoms in total. The standard InChI is InChI=1S/C20H26N4O3/c25-18(21-12-10-19(26)23-13-4-5-14-23)8-9-20(27)24-15-11-17(22-24)16-6-2-1-3-7-16/h1-3,6-7H,4-5,8-15H2,(H,21,25). The molecule has 0 spiro atoms. The van der Waals surface area contributed by atoms with Gasteiger partial charge >= 0.3 is 0 Å². The van der Waals surface area contributed by atoms with E-state index in [4.69, 9.17) is 0 Å². The fraction of sp³-hybridized carbons (Fsp3) is 0.500. The predicted octanol–water partition coefficient (Wildman–Crippen LogP) is 1.53. The number of rotatable bonds is 7. The second-order valence-electron chi connectivity index (χ2n) is 6.87. The van der Waals surface area contributed by atoms with Gasteiger partial charge in [0.2, 0.25) is 17.7 Å². The minimum Gasteiger partial charge on any atom is -0.356 e. The van der Waals surface area contributed by atoms with E-state index in [1.165, 1.54) is 5.01 Å². The minimum atomic E-state index is -0.205. The molecular formula is C20H26N4O3. The molecule has 1 aromatic rings. The molecular weight excluding hydrogens is 344 g/mol. The van der Waals surface area contributed by atoms with Gasteiger partial charge in [-0.2, -0.15) is 5.10 Å². The largest absolute Gasteiger partial charge is 0.356 e. The van der Waals surface area contributed by atoms with Gasteiger partial charge in [-0.3, -0.25) is 14.4 Å². The molecule has 0 aromatic heterocycles. The first-order chi connectivity index (χ1) is 13.1. The van der Waals surface area contributed by atoms with E-state index in [2.05, 4.69) is 10.4 Å². The van der Waals surface area contributed by atoms with Gasteiger partial charge in [0, 0.05) is 45.3 Å². The molecule has 144 valence electrons. The van der Waals surface area contributed by atoms with E-state index in [9.17, 15) is 14.4 Å². The number of hydrogen-bond donors (Lipinski definition) is 1. The molecule has 1 fully saturated rings. The highest BCUT2D eigenvalue weighted by Gasteiger charge is 2.22. The van der Waals surface area contributed by atoms with Gasteiger partial charge in [0.1, 0.15) is 0 Å². The number of likely N-dealkylation sites (tertiary alicyclic amines) is 1. The van der Waals surface area contributed by atoms with Gasteiger partial charge in [0.15, 0.2) is 0 Å². The van der Waals surface area contributed by atoms with Crippen molar-refractivity contribution in [3.8, 4) is 0 Å². The van der Waals surface area contributed by atoms with Crippen LogP contribution in [-0.4, -0.2) is 59.5 Å². The molecule has 27 heavy (non-hydrogen) atoms. The summed E-state index contributed by atoms with van der Waals surface area (Å²) in [6, 6.07) is 9.79. The summed E-state index contributed by atoms with van der Waals surface area (Å²) < 4.78 is 0. The lowest BCUT2D eigenvalue weighted by Gasteiger charge is -2.15. The van der Waals surface area contributed by atoms with Gasteiger partial charge in [-0.15, -0.1) is 0 Å². The van der Waals surface area contributed by atoms with Crippen molar-refractivity contribution in [3.63, 3.8) is 0 Å². The van der Waals surface area contributed by atoms with Crippen LogP contribution in [0.5, 0.6) is 0 Å². The first kappa shape index (κ1) is 19.1. The van der Waals surface area contributed by atoms with E-state index in [-0.39, 0.29) is 30.6 Å². The Hall–Kier alpha value is -2.70. The van der Waals surface area contributed by atoms with Crippen LogP contribution in [-0.2, 0) is 14.4 Å².